The van der Waals surface area contributed by atoms with Gasteiger partial charge in [-0.05, 0) is 36.8 Å². The Hall–Kier alpha value is -2.25. The Labute approximate surface area is 149 Å². The standard InChI is InChI=1S/C18H18N2O4S/c1-12-2-4-15-14(10-12)19-18(24-15)25-11-13-3-5-16(23-13)17(21)20-6-8-22-9-7-20/h2-5,10H,6-9,11H2,1H3. The van der Waals surface area contributed by atoms with Crippen LogP contribution in [0.3, 0.4) is 0 Å². The van der Waals surface area contributed by atoms with Crippen molar-refractivity contribution in [2.45, 2.75) is 17.9 Å². The molecule has 130 valence electrons. The van der Waals surface area contributed by atoms with E-state index in [2.05, 4.69) is 4.98 Å². The monoisotopic (exact) mass is 358 g/mol. The van der Waals surface area contributed by atoms with Crippen LogP contribution in [0.25, 0.3) is 11.1 Å². The molecule has 1 aromatic carbocycles. The van der Waals surface area contributed by atoms with Gasteiger partial charge in [-0.2, -0.15) is 0 Å². The Morgan fingerprint density at radius 3 is 2.88 bits per heavy atom. The van der Waals surface area contributed by atoms with Crippen molar-refractivity contribution in [2.75, 3.05) is 26.3 Å². The minimum atomic E-state index is -0.0862. The summed E-state index contributed by atoms with van der Waals surface area (Å²) < 4.78 is 16.7. The molecule has 1 amide bonds. The van der Waals surface area contributed by atoms with E-state index in [0.717, 1.165) is 22.4 Å². The summed E-state index contributed by atoms with van der Waals surface area (Å²) in [6.45, 7) is 4.38. The van der Waals surface area contributed by atoms with Crippen molar-refractivity contribution in [3.05, 3.63) is 47.4 Å². The summed E-state index contributed by atoms with van der Waals surface area (Å²) in [5, 5.41) is 0.595. The van der Waals surface area contributed by atoms with Gasteiger partial charge in [-0.15, -0.1) is 0 Å². The molecule has 7 heteroatoms. The van der Waals surface area contributed by atoms with E-state index in [0.29, 0.717) is 43.0 Å². The number of hydrogen-bond donors (Lipinski definition) is 0. The van der Waals surface area contributed by atoms with Gasteiger partial charge in [-0.1, -0.05) is 17.8 Å². The normalized spacial score (nSPS) is 15.0. The van der Waals surface area contributed by atoms with Crippen LogP contribution < -0.4 is 0 Å². The van der Waals surface area contributed by atoms with Gasteiger partial charge in [-0.25, -0.2) is 4.98 Å². The maximum atomic E-state index is 12.4. The average molecular weight is 358 g/mol. The van der Waals surface area contributed by atoms with Crippen LogP contribution in [-0.4, -0.2) is 42.1 Å². The SMILES string of the molecule is Cc1ccc2oc(SCc3ccc(C(=O)N4CCOCC4)o3)nc2c1. The summed E-state index contributed by atoms with van der Waals surface area (Å²) in [5.41, 5.74) is 2.77. The largest absolute Gasteiger partial charge is 0.455 e. The molecule has 0 aliphatic carbocycles. The zero-order valence-corrected chi connectivity index (χ0v) is 14.7. The maximum Gasteiger partial charge on any atom is 0.289 e. The average Bonchev–Trinajstić information content (AvgIpc) is 3.26. The lowest BCUT2D eigenvalue weighted by Gasteiger charge is -2.25. The number of fused-ring (bicyclic) bond motifs is 1. The minimum Gasteiger partial charge on any atom is -0.455 e. The molecule has 1 fully saturated rings. The Kier molecular flexibility index (Phi) is 4.50. The number of amides is 1. The fourth-order valence-electron chi connectivity index (χ4n) is 2.70. The van der Waals surface area contributed by atoms with Gasteiger partial charge in [-0.3, -0.25) is 4.79 Å². The van der Waals surface area contributed by atoms with E-state index in [1.807, 2.05) is 31.2 Å². The first-order valence-electron chi connectivity index (χ1n) is 8.15. The number of oxazole rings is 1. The van der Waals surface area contributed by atoms with E-state index < -0.39 is 0 Å². The number of aryl methyl sites for hydroxylation is 1. The molecule has 25 heavy (non-hydrogen) atoms. The molecule has 0 radical (unpaired) electrons. The number of rotatable bonds is 4. The lowest BCUT2D eigenvalue weighted by atomic mass is 10.2. The third-order valence-corrected chi connectivity index (χ3v) is 4.88. The minimum absolute atomic E-state index is 0.0862. The molecule has 1 aliphatic heterocycles. The molecule has 0 N–H and O–H groups in total. The second kappa shape index (κ2) is 6.93. The van der Waals surface area contributed by atoms with Gasteiger partial charge >= 0.3 is 0 Å². The summed E-state index contributed by atoms with van der Waals surface area (Å²) in [4.78, 5) is 18.6. The smallest absolute Gasteiger partial charge is 0.289 e. The number of carbonyl (C=O) groups is 1. The predicted molar refractivity (Wildman–Crippen MR) is 93.7 cm³/mol. The molecule has 6 nitrogen and oxygen atoms in total. The van der Waals surface area contributed by atoms with Crippen molar-refractivity contribution in [1.82, 2.24) is 9.88 Å². The van der Waals surface area contributed by atoms with E-state index in [9.17, 15) is 4.79 Å². The van der Waals surface area contributed by atoms with Gasteiger partial charge in [0.25, 0.3) is 11.1 Å². The first-order chi connectivity index (χ1) is 12.2. The van der Waals surface area contributed by atoms with Gasteiger partial charge in [0.1, 0.15) is 11.3 Å². The topological polar surface area (TPSA) is 68.7 Å². The molecule has 0 atom stereocenters. The molecular formula is C18H18N2O4S. The van der Waals surface area contributed by atoms with Crippen LogP contribution >= 0.6 is 11.8 Å². The molecule has 1 aliphatic rings. The molecule has 0 unspecified atom stereocenters. The number of carbonyl (C=O) groups excluding carboxylic acids is 1. The molecule has 3 aromatic rings. The number of aromatic nitrogens is 1. The number of morpholine rings is 1. The molecule has 2 aromatic heterocycles. The fraction of sp³-hybridized carbons (Fsp3) is 0.333. The number of furan rings is 1. The van der Waals surface area contributed by atoms with Crippen molar-refractivity contribution < 1.29 is 18.4 Å². The Balaban J connectivity index is 1.41. The highest BCUT2D eigenvalue weighted by molar-refractivity contribution is 7.98. The maximum absolute atomic E-state index is 12.4. The summed E-state index contributed by atoms with van der Waals surface area (Å²) >= 11 is 1.45. The van der Waals surface area contributed by atoms with Crippen LogP contribution in [0, 0.1) is 6.92 Å². The molecule has 0 saturated carbocycles. The lowest BCUT2D eigenvalue weighted by molar-refractivity contribution is 0.0282. The van der Waals surface area contributed by atoms with E-state index in [1.54, 1.807) is 11.0 Å². The Bertz CT molecular complexity index is 896. The van der Waals surface area contributed by atoms with Gasteiger partial charge in [0.05, 0.1) is 19.0 Å². The lowest BCUT2D eigenvalue weighted by Crippen LogP contribution is -2.40. The third kappa shape index (κ3) is 3.57. The molecule has 4 rings (SSSR count). The van der Waals surface area contributed by atoms with Crippen LogP contribution in [-0.2, 0) is 10.5 Å². The van der Waals surface area contributed by atoms with E-state index in [1.165, 1.54) is 11.8 Å². The zero-order valence-electron chi connectivity index (χ0n) is 13.9. The van der Waals surface area contributed by atoms with Crippen LogP contribution in [0.5, 0.6) is 0 Å². The van der Waals surface area contributed by atoms with Gasteiger partial charge in [0, 0.05) is 13.1 Å². The predicted octanol–water partition coefficient (Wildman–Crippen LogP) is 3.49. The molecule has 0 spiro atoms. The number of thioether (sulfide) groups is 1. The first kappa shape index (κ1) is 16.2. The highest BCUT2D eigenvalue weighted by Gasteiger charge is 2.21. The molecule has 0 bridgehead atoms. The molecule has 3 heterocycles. The van der Waals surface area contributed by atoms with Crippen molar-refractivity contribution in [2.24, 2.45) is 0 Å². The quantitative estimate of drug-likeness (QED) is 0.665. The molecular weight excluding hydrogens is 340 g/mol. The Morgan fingerprint density at radius 2 is 2.04 bits per heavy atom. The number of hydrogen-bond acceptors (Lipinski definition) is 6. The summed E-state index contributed by atoms with van der Waals surface area (Å²) in [6, 6.07) is 9.47. The fourth-order valence-corrected chi connectivity index (χ4v) is 3.44. The Morgan fingerprint density at radius 1 is 1.20 bits per heavy atom. The van der Waals surface area contributed by atoms with Crippen LogP contribution in [0.2, 0.25) is 0 Å². The van der Waals surface area contributed by atoms with Crippen molar-refractivity contribution in [3.8, 4) is 0 Å². The number of benzene rings is 1. The van der Waals surface area contributed by atoms with Crippen molar-refractivity contribution in [1.29, 1.82) is 0 Å². The van der Waals surface area contributed by atoms with E-state index in [4.69, 9.17) is 13.6 Å². The van der Waals surface area contributed by atoms with E-state index >= 15 is 0 Å². The number of ether oxygens (including phenoxy) is 1. The van der Waals surface area contributed by atoms with Crippen molar-refractivity contribution >= 4 is 28.8 Å². The summed E-state index contributed by atoms with van der Waals surface area (Å²) in [6.07, 6.45) is 0. The van der Waals surface area contributed by atoms with Gasteiger partial charge in [0.15, 0.2) is 11.3 Å². The van der Waals surface area contributed by atoms with Gasteiger partial charge < -0.3 is 18.5 Å². The number of nitrogens with zero attached hydrogens (tertiary/aromatic N) is 2. The van der Waals surface area contributed by atoms with Gasteiger partial charge in [0.2, 0.25) is 0 Å². The zero-order chi connectivity index (χ0) is 17.2. The van der Waals surface area contributed by atoms with Crippen molar-refractivity contribution in [3.63, 3.8) is 0 Å². The van der Waals surface area contributed by atoms with Crippen LogP contribution in [0.15, 0.2) is 44.4 Å². The second-order valence-electron chi connectivity index (χ2n) is 5.91. The molecule has 1 saturated heterocycles. The second-order valence-corrected chi connectivity index (χ2v) is 6.84. The van der Waals surface area contributed by atoms with E-state index in [-0.39, 0.29) is 5.91 Å². The third-order valence-electron chi connectivity index (χ3n) is 4.03. The first-order valence-corrected chi connectivity index (χ1v) is 9.13. The summed E-state index contributed by atoms with van der Waals surface area (Å²) in [7, 11) is 0. The highest BCUT2D eigenvalue weighted by atomic mass is 32.2. The van der Waals surface area contributed by atoms with Crippen LogP contribution in [0.1, 0.15) is 21.9 Å². The summed E-state index contributed by atoms with van der Waals surface area (Å²) in [5.74, 6) is 1.56. The van der Waals surface area contributed by atoms with Crippen LogP contribution in [0.4, 0.5) is 0 Å². The highest BCUT2D eigenvalue weighted by Crippen LogP contribution is 2.27.